The quantitative estimate of drug-likeness (QED) is 0.621. The van der Waals surface area contributed by atoms with E-state index in [-0.39, 0.29) is 5.41 Å². The minimum Gasteiger partial charge on any atom is -0.299 e. The molecule has 2 aliphatic rings. The Kier molecular flexibility index (Phi) is 3.79. The fraction of sp³-hybridized carbons (Fsp3) is 0.706. The van der Waals surface area contributed by atoms with E-state index in [0.29, 0.717) is 30.0 Å². The van der Waals surface area contributed by atoms with Gasteiger partial charge in [-0.3, -0.25) is 4.79 Å². The fourth-order valence-corrected chi connectivity index (χ4v) is 4.06. The normalized spacial score (nSPS) is 42.6. The van der Waals surface area contributed by atoms with Crippen LogP contribution in [0.2, 0.25) is 0 Å². The Morgan fingerprint density at radius 2 is 2.17 bits per heavy atom. The molecule has 0 amide bonds. The van der Waals surface area contributed by atoms with Crippen LogP contribution in [0.1, 0.15) is 52.9 Å². The van der Waals surface area contributed by atoms with Crippen molar-refractivity contribution in [1.29, 1.82) is 0 Å². The first-order valence-electron chi connectivity index (χ1n) is 7.30. The summed E-state index contributed by atoms with van der Waals surface area (Å²) in [6.45, 7) is 10.7. The fourth-order valence-electron chi connectivity index (χ4n) is 4.06. The number of allylic oxidation sites excluding steroid dienone is 3. The van der Waals surface area contributed by atoms with E-state index in [1.165, 1.54) is 24.8 Å². The molecule has 2 aliphatic carbocycles. The van der Waals surface area contributed by atoms with Gasteiger partial charge in [-0.25, -0.2) is 0 Å². The van der Waals surface area contributed by atoms with Crippen LogP contribution in [0.4, 0.5) is 0 Å². The molecule has 1 fully saturated rings. The molecule has 100 valence electrons. The first-order chi connectivity index (χ1) is 8.47. The van der Waals surface area contributed by atoms with Crippen LogP contribution in [0.5, 0.6) is 0 Å². The number of fused-ring (bicyclic) bond motifs is 1. The number of Topliss-reactive ketones (excluding diaryl/α,β-unsaturated/α-hetero) is 1. The molecule has 4 atom stereocenters. The zero-order valence-electron chi connectivity index (χ0n) is 12.0. The highest BCUT2D eigenvalue weighted by Crippen LogP contribution is 2.51. The van der Waals surface area contributed by atoms with Gasteiger partial charge in [0, 0.05) is 11.8 Å². The molecule has 0 aliphatic heterocycles. The van der Waals surface area contributed by atoms with Crippen LogP contribution in [0.15, 0.2) is 24.3 Å². The summed E-state index contributed by atoms with van der Waals surface area (Å²) >= 11 is 0. The molecule has 1 heteroatoms. The van der Waals surface area contributed by atoms with Crippen molar-refractivity contribution in [2.45, 2.75) is 52.9 Å². The molecule has 0 aromatic heterocycles. The third-order valence-corrected chi connectivity index (χ3v) is 5.36. The summed E-state index contributed by atoms with van der Waals surface area (Å²) in [5.41, 5.74) is 1.07. The molecule has 0 N–H and O–H groups in total. The molecule has 0 spiro atoms. The van der Waals surface area contributed by atoms with E-state index < -0.39 is 0 Å². The number of hydrogen-bond acceptors (Lipinski definition) is 1. The SMILES string of the molecule is C=C(C)[C@@H]1CC(=O)[C@@]2(C)C/C=C\CCC[C@@H]2[C@H]1C. The Balaban J connectivity index is 2.33. The lowest BCUT2D eigenvalue weighted by atomic mass is 9.55. The lowest BCUT2D eigenvalue weighted by Gasteiger charge is -2.48. The van der Waals surface area contributed by atoms with Crippen LogP contribution in [-0.4, -0.2) is 5.78 Å². The van der Waals surface area contributed by atoms with E-state index in [1.54, 1.807) is 0 Å². The molecule has 18 heavy (non-hydrogen) atoms. The minimum absolute atomic E-state index is 0.123. The van der Waals surface area contributed by atoms with Crippen molar-refractivity contribution in [2.24, 2.45) is 23.2 Å². The highest BCUT2D eigenvalue weighted by molar-refractivity contribution is 5.86. The van der Waals surface area contributed by atoms with E-state index >= 15 is 0 Å². The largest absolute Gasteiger partial charge is 0.299 e. The summed E-state index contributed by atoms with van der Waals surface area (Å²) in [5.74, 6) is 1.99. The molecule has 0 radical (unpaired) electrons. The molecule has 2 rings (SSSR count). The van der Waals surface area contributed by atoms with E-state index in [1.807, 2.05) is 0 Å². The van der Waals surface area contributed by atoms with Gasteiger partial charge in [0.1, 0.15) is 5.78 Å². The summed E-state index contributed by atoms with van der Waals surface area (Å²) in [7, 11) is 0. The predicted octanol–water partition coefficient (Wildman–Crippen LogP) is 4.54. The van der Waals surface area contributed by atoms with E-state index in [0.717, 1.165) is 6.42 Å². The third kappa shape index (κ3) is 2.20. The predicted molar refractivity (Wildman–Crippen MR) is 76.3 cm³/mol. The maximum Gasteiger partial charge on any atom is 0.139 e. The summed E-state index contributed by atoms with van der Waals surface area (Å²) in [4.78, 5) is 12.6. The summed E-state index contributed by atoms with van der Waals surface area (Å²) in [6, 6.07) is 0. The smallest absolute Gasteiger partial charge is 0.139 e. The molecule has 1 saturated carbocycles. The molecule has 0 aromatic rings. The first kappa shape index (κ1) is 13.6. The summed E-state index contributed by atoms with van der Waals surface area (Å²) in [6.07, 6.45) is 9.71. The third-order valence-electron chi connectivity index (χ3n) is 5.36. The number of rotatable bonds is 1. The van der Waals surface area contributed by atoms with Gasteiger partial charge in [0.25, 0.3) is 0 Å². The Hall–Kier alpha value is -0.850. The van der Waals surface area contributed by atoms with Gasteiger partial charge in [0.2, 0.25) is 0 Å². The monoisotopic (exact) mass is 246 g/mol. The van der Waals surface area contributed by atoms with Gasteiger partial charge >= 0.3 is 0 Å². The Bertz CT molecular complexity index is 379. The molecule has 0 bridgehead atoms. The second-order valence-electron chi connectivity index (χ2n) is 6.57. The Morgan fingerprint density at radius 1 is 1.44 bits per heavy atom. The molecule has 0 aromatic carbocycles. The number of hydrogen-bond donors (Lipinski definition) is 0. The number of carbonyl (C=O) groups excluding carboxylic acids is 1. The van der Waals surface area contributed by atoms with Gasteiger partial charge in [-0.2, -0.15) is 0 Å². The van der Waals surface area contributed by atoms with Crippen LogP contribution in [0.3, 0.4) is 0 Å². The molecular weight excluding hydrogens is 220 g/mol. The highest BCUT2D eigenvalue weighted by Gasteiger charge is 2.49. The van der Waals surface area contributed by atoms with Crippen molar-refractivity contribution in [3.05, 3.63) is 24.3 Å². The second kappa shape index (κ2) is 5.03. The zero-order chi connectivity index (χ0) is 13.3. The second-order valence-corrected chi connectivity index (χ2v) is 6.57. The molecule has 0 heterocycles. The van der Waals surface area contributed by atoms with Gasteiger partial charge in [-0.1, -0.05) is 38.2 Å². The van der Waals surface area contributed by atoms with Crippen LogP contribution in [-0.2, 0) is 4.79 Å². The highest BCUT2D eigenvalue weighted by atomic mass is 16.1. The molecular formula is C17H26O. The average molecular weight is 246 g/mol. The van der Waals surface area contributed by atoms with Crippen molar-refractivity contribution in [2.75, 3.05) is 0 Å². The molecule has 0 saturated heterocycles. The average Bonchev–Trinajstić information content (AvgIpc) is 2.28. The topological polar surface area (TPSA) is 17.1 Å². The summed E-state index contributed by atoms with van der Waals surface area (Å²) < 4.78 is 0. The summed E-state index contributed by atoms with van der Waals surface area (Å²) in [5, 5.41) is 0. The number of ketones is 1. The van der Waals surface area contributed by atoms with Gasteiger partial charge in [-0.05, 0) is 50.4 Å². The van der Waals surface area contributed by atoms with Gasteiger partial charge in [0.05, 0.1) is 0 Å². The van der Waals surface area contributed by atoms with Gasteiger partial charge < -0.3 is 0 Å². The number of carbonyl (C=O) groups is 1. The van der Waals surface area contributed by atoms with Gasteiger partial charge in [-0.15, -0.1) is 0 Å². The van der Waals surface area contributed by atoms with Crippen molar-refractivity contribution < 1.29 is 4.79 Å². The Morgan fingerprint density at radius 3 is 2.83 bits per heavy atom. The van der Waals surface area contributed by atoms with E-state index in [9.17, 15) is 4.79 Å². The van der Waals surface area contributed by atoms with Crippen LogP contribution in [0, 0.1) is 23.2 Å². The van der Waals surface area contributed by atoms with Crippen LogP contribution < -0.4 is 0 Å². The van der Waals surface area contributed by atoms with E-state index in [4.69, 9.17) is 0 Å². The lowest BCUT2D eigenvalue weighted by Crippen LogP contribution is -2.47. The van der Waals surface area contributed by atoms with Crippen molar-refractivity contribution in [1.82, 2.24) is 0 Å². The first-order valence-corrected chi connectivity index (χ1v) is 7.30. The van der Waals surface area contributed by atoms with Crippen molar-refractivity contribution in [3.8, 4) is 0 Å². The zero-order valence-corrected chi connectivity index (χ0v) is 12.0. The maximum absolute atomic E-state index is 12.6. The van der Waals surface area contributed by atoms with Crippen molar-refractivity contribution in [3.63, 3.8) is 0 Å². The Labute approximate surface area is 111 Å². The minimum atomic E-state index is -0.123. The molecule has 1 nitrogen and oxygen atoms in total. The van der Waals surface area contributed by atoms with Crippen LogP contribution >= 0.6 is 0 Å². The standard InChI is InChI=1S/C17H26O/c1-12(2)14-11-16(18)17(4)10-8-6-5-7-9-15(17)13(14)3/h6,8,13-15H,1,5,7,9-11H2,2-4H3/b8-6-/t13-,14-,15+,17-/m0/s1. The van der Waals surface area contributed by atoms with Crippen LogP contribution in [0.25, 0.3) is 0 Å². The van der Waals surface area contributed by atoms with Gasteiger partial charge in [0.15, 0.2) is 0 Å². The van der Waals surface area contributed by atoms with E-state index in [2.05, 4.69) is 39.5 Å². The molecule has 0 unspecified atom stereocenters. The lowest BCUT2D eigenvalue weighted by molar-refractivity contribution is -0.139. The maximum atomic E-state index is 12.6. The van der Waals surface area contributed by atoms with Crippen molar-refractivity contribution >= 4 is 5.78 Å².